The Morgan fingerprint density at radius 3 is 2.72 bits per heavy atom. The smallest absolute Gasteiger partial charge is 0.290 e. The van der Waals surface area contributed by atoms with Gasteiger partial charge in [0.25, 0.3) is 5.91 Å². The Morgan fingerprint density at radius 1 is 1.09 bits per heavy atom. The lowest BCUT2D eigenvalue weighted by Crippen LogP contribution is -2.39. The van der Waals surface area contributed by atoms with Gasteiger partial charge in [-0.25, -0.2) is 9.50 Å². The van der Waals surface area contributed by atoms with Gasteiger partial charge in [-0.05, 0) is 48.9 Å². The highest BCUT2D eigenvalue weighted by molar-refractivity contribution is 6.05. The fourth-order valence-corrected chi connectivity index (χ4v) is 7.55. The van der Waals surface area contributed by atoms with Crippen LogP contribution in [0.3, 0.4) is 0 Å². The van der Waals surface area contributed by atoms with Crippen molar-refractivity contribution in [1.82, 2.24) is 35.0 Å². The number of fused-ring (bicyclic) bond motifs is 2. The number of aromatic nitrogens is 5. The van der Waals surface area contributed by atoms with Gasteiger partial charge in [0.1, 0.15) is 0 Å². The summed E-state index contributed by atoms with van der Waals surface area (Å²) in [5.41, 5.74) is 14.2. The molecule has 2 aliphatic rings. The van der Waals surface area contributed by atoms with E-state index in [1.807, 2.05) is 30.5 Å². The Labute approximate surface area is 310 Å². The standard InChI is InChI=1S/C38H42N12O4/c1-38(25-10-5-3-6-11-25)17-19-49(23-38)26-20-24(21-41-47-39)35-44-34(46-50(35)22-26)37(54)40-18-8-4-7-14-30(51)42-29-13-9-12-27-32(45-48(2)33(27)29)28-15-16-31(52)43-36(28)53/h3,5-6,9-13,20,22,28H,4,7-8,14-19,21,23H2,1-2H3,(H,40,54)(H,42,51)(H,43,52,53)/t28?,38-/m0/s1. The molecule has 2 aliphatic heterocycles. The number of piperidine rings is 1. The zero-order chi connectivity index (χ0) is 37.8. The van der Waals surface area contributed by atoms with Crippen LogP contribution in [0.5, 0.6) is 0 Å². The van der Waals surface area contributed by atoms with Gasteiger partial charge in [-0.3, -0.25) is 29.2 Å². The summed E-state index contributed by atoms with van der Waals surface area (Å²) in [5, 5.41) is 21.8. The van der Waals surface area contributed by atoms with E-state index < -0.39 is 11.8 Å². The Kier molecular flexibility index (Phi) is 10.3. The summed E-state index contributed by atoms with van der Waals surface area (Å²) in [6.45, 7) is 4.37. The van der Waals surface area contributed by atoms with Gasteiger partial charge in [0.05, 0.1) is 41.2 Å². The molecule has 0 radical (unpaired) electrons. The topological polar surface area (TPSA) is 204 Å². The molecular weight excluding hydrogens is 688 g/mol. The van der Waals surface area contributed by atoms with Crippen molar-refractivity contribution < 1.29 is 19.2 Å². The molecule has 16 heteroatoms. The van der Waals surface area contributed by atoms with Crippen LogP contribution in [0.15, 0.2) is 65.9 Å². The van der Waals surface area contributed by atoms with Crippen molar-refractivity contribution in [2.24, 2.45) is 12.2 Å². The molecule has 0 saturated carbocycles. The van der Waals surface area contributed by atoms with Crippen molar-refractivity contribution in [3.8, 4) is 0 Å². The first-order valence-electron chi connectivity index (χ1n) is 18.2. The zero-order valence-electron chi connectivity index (χ0n) is 30.3. The number of pyridine rings is 1. The van der Waals surface area contributed by atoms with Crippen molar-refractivity contribution in [3.63, 3.8) is 0 Å². The van der Waals surface area contributed by atoms with Crippen LogP contribution in [-0.4, -0.2) is 67.6 Å². The van der Waals surface area contributed by atoms with Crippen LogP contribution in [-0.2, 0) is 33.4 Å². The van der Waals surface area contributed by atoms with E-state index in [0.29, 0.717) is 60.3 Å². The number of carbonyl (C=O) groups is 4. The Hall–Kier alpha value is -6.28. The average molecular weight is 731 g/mol. The first-order chi connectivity index (χ1) is 26.1. The summed E-state index contributed by atoms with van der Waals surface area (Å²) in [4.78, 5) is 59.9. The fraction of sp³-hybridized carbons (Fsp3) is 0.395. The number of amides is 4. The number of aryl methyl sites for hydroxylation is 1. The minimum Gasteiger partial charge on any atom is -0.369 e. The van der Waals surface area contributed by atoms with Crippen LogP contribution in [0.4, 0.5) is 11.4 Å². The molecule has 3 N–H and O–H groups in total. The molecule has 5 aromatic rings. The van der Waals surface area contributed by atoms with Crippen LogP contribution in [0, 0.1) is 0 Å². The number of imide groups is 1. The maximum Gasteiger partial charge on any atom is 0.290 e. The lowest BCUT2D eigenvalue weighted by atomic mass is 9.82. The number of nitrogens with one attached hydrogen (secondary N) is 3. The number of benzene rings is 2. The van der Waals surface area contributed by atoms with E-state index in [-0.39, 0.29) is 48.3 Å². The molecule has 2 saturated heterocycles. The van der Waals surface area contributed by atoms with Crippen molar-refractivity contribution in [3.05, 3.63) is 93.9 Å². The van der Waals surface area contributed by atoms with Crippen molar-refractivity contribution in [2.75, 3.05) is 29.9 Å². The number of hydrogen-bond acceptors (Lipinski definition) is 9. The molecule has 0 bridgehead atoms. The highest BCUT2D eigenvalue weighted by Gasteiger charge is 2.36. The Balaban J connectivity index is 0.919. The van der Waals surface area contributed by atoms with Crippen LogP contribution in [0.25, 0.3) is 27.0 Å². The molecule has 7 rings (SSSR count). The van der Waals surface area contributed by atoms with Gasteiger partial charge in [-0.2, -0.15) is 5.10 Å². The normalized spacial score (nSPS) is 18.5. The Bertz CT molecular complexity index is 2290. The molecule has 54 heavy (non-hydrogen) atoms. The summed E-state index contributed by atoms with van der Waals surface area (Å²) in [6.07, 6.45) is 5.75. The number of nitrogens with zero attached hydrogens (tertiary/aromatic N) is 9. The lowest BCUT2D eigenvalue weighted by Gasteiger charge is -2.26. The van der Waals surface area contributed by atoms with E-state index in [1.54, 1.807) is 22.3 Å². The molecule has 0 spiro atoms. The fourth-order valence-electron chi connectivity index (χ4n) is 7.55. The quantitative estimate of drug-likeness (QED) is 0.0491. The molecule has 2 atom stereocenters. The molecule has 3 aromatic heterocycles. The van der Waals surface area contributed by atoms with E-state index in [0.717, 1.165) is 30.6 Å². The highest BCUT2D eigenvalue weighted by Crippen LogP contribution is 2.37. The van der Waals surface area contributed by atoms with Crippen molar-refractivity contribution in [2.45, 2.75) is 69.7 Å². The molecule has 0 aliphatic carbocycles. The molecule has 278 valence electrons. The van der Waals surface area contributed by atoms with Gasteiger partial charge in [0.15, 0.2) is 5.65 Å². The van der Waals surface area contributed by atoms with Gasteiger partial charge in [0.2, 0.25) is 23.5 Å². The van der Waals surface area contributed by atoms with E-state index >= 15 is 0 Å². The van der Waals surface area contributed by atoms with Crippen LogP contribution in [0.2, 0.25) is 0 Å². The predicted molar refractivity (Wildman–Crippen MR) is 202 cm³/mol. The van der Waals surface area contributed by atoms with E-state index in [1.165, 1.54) is 5.56 Å². The number of para-hydroxylation sites is 1. The number of anilines is 2. The second kappa shape index (κ2) is 15.4. The number of azide groups is 1. The van der Waals surface area contributed by atoms with Crippen molar-refractivity contribution in [1.29, 1.82) is 0 Å². The first kappa shape index (κ1) is 36.1. The summed E-state index contributed by atoms with van der Waals surface area (Å²) in [6, 6.07) is 17.9. The summed E-state index contributed by atoms with van der Waals surface area (Å²) in [7, 11) is 1.76. The highest BCUT2D eigenvalue weighted by atomic mass is 16.2. The Morgan fingerprint density at radius 2 is 1.93 bits per heavy atom. The molecular formula is C38H42N12O4. The van der Waals surface area contributed by atoms with E-state index in [2.05, 4.69) is 77.2 Å². The first-order valence-corrected chi connectivity index (χ1v) is 18.2. The maximum absolute atomic E-state index is 13.1. The zero-order valence-corrected chi connectivity index (χ0v) is 30.3. The van der Waals surface area contributed by atoms with Gasteiger partial charge in [-0.1, -0.05) is 60.9 Å². The minimum atomic E-state index is -0.534. The van der Waals surface area contributed by atoms with Gasteiger partial charge < -0.3 is 15.5 Å². The molecule has 1 unspecified atom stereocenters. The third kappa shape index (κ3) is 7.46. The third-order valence-corrected chi connectivity index (χ3v) is 10.4. The molecule has 2 fully saturated rings. The summed E-state index contributed by atoms with van der Waals surface area (Å²) < 4.78 is 3.24. The van der Waals surface area contributed by atoms with Crippen LogP contribution < -0.4 is 20.9 Å². The van der Waals surface area contributed by atoms with Crippen LogP contribution >= 0.6 is 0 Å². The SMILES string of the molecule is Cn1nc(C2CCC(=O)NC2=O)c2cccc(NC(=O)CCCCCNC(=O)c3nc4c(CN=[N+]=[N-])cc(N5CC[C@](C)(c6ccccc6)C5)cn4n3)c21. The van der Waals surface area contributed by atoms with E-state index in [4.69, 9.17) is 5.53 Å². The predicted octanol–water partition coefficient (Wildman–Crippen LogP) is 5.04. The summed E-state index contributed by atoms with van der Waals surface area (Å²) in [5.74, 6) is -1.72. The van der Waals surface area contributed by atoms with Gasteiger partial charge in [0, 0.05) is 60.8 Å². The second-order valence-electron chi connectivity index (χ2n) is 14.2. The number of hydrogen-bond donors (Lipinski definition) is 3. The molecule has 2 aromatic carbocycles. The molecule has 5 heterocycles. The van der Waals surface area contributed by atoms with E-state index in [9.17, 15) is 19.2 Å². The second-order valence-corrected chi connectivity index (χ2v) is 14.2. The molecule has 4 amide bonds. The van der Waals surface area contributed by atoms with Crippen molar-refractivity contribution >= 4 is 51.6 Å². The minimum absolute atomic E-state index is 0.0157. The number of unbranched alkanes of at least 4 members (excludes halogenated alkanes) is 2. The number of carbonyl (C=O) groups excluding carboxylic acids is 4. The maximum atomic E-state index is 13.1. The van der Waals surface area contributed by atoms with Crippen LogP contribution in [0.1, 0.15) is 85.2 Å². The van der Waals surface area contributed by atoms with Gasteiger partial charge >= 0.3 is 0 Å². The third-order valence-electron chi connectivity index (χ3n) is 10.4. The summed E-state index contributed by atoms with van der Waals surface area (Å²) >= 11 is 0. The monoisotopic (exact) mass is 730 g/mol. The average Bonchev–Trinajstić information content (AvgIpc) is 3.88. The van der Waals surface area contributed by atoms with Gasteiger partial charge in [-0.15, -0.1) is 5.10 Å². The lowest BCUT2D eigenvalue weighted by molar-refractivity contribution is -0.134. The number of rotatable bonds is 13. The molecule has 16 nitrogen and oxygen atoms in total. The largest absolute Gasteiger partial charge is 0.369 e.